The monoisotopic (exact) mass is 214 g/mol. The van der Waals surface area contributed by atoms with Crippen molar-refractivity contribution in [3.05, 3.63) is 12.7 Å². The molecule has 1 aliphatic heterocycles. The van der Waals surface area contributed by atoms with Gasteiger partial charge in [0.1, 0.15) is 0 Å². The van der Waals surface area contributed by atoms with Crippen molar-refractivity contribution in [1.29, 1.82) is 0 Å². The first-order valence-electron chi connectivity index (χ1n) is 5.41. The molecule has 1 heterocycles. The maximum Gasteiger partial charge on any atom is 0.0193 e. The predicted molar refractivity (Wildman–Crippen MR) is 66.0 cm³/mol. The number of nitrogens with zero attached hydrogens (tertiary/aromatic N) is 1. The smallest absolute Gasteiger partial charge is 0.0193 e. The van der Waals surface area contributed by atoms with Crippen LogP contribution in [0.1, 0.15) is 13.8 Å². The number of hydrogen-bond donors (Lipinski definition) is 1. The van der Waals surface area contributed by atoms with Crippen molar-refractivity contribution in [2.24, 2.45) is 0 Å². The van der Waals surface area contributed by atoms with Crippen molar-refractivity contribution in [2.75, 3.05) is 31.9 Å². The van der Waals surface area contributed by atoms with Crippen LogP contribution in [0.4, 0.5) is 0 Å². The van der Waals surface area contributed by atoms with Gasteiger partial charge in [-0.05, 0) is 6.92 Å². The molecule has 1 fully saturated rings. The Morgan fingerprint density at radius 3 is 3.14 bits per heavy atom. The van der Waals surface area contributed by atoms with Crippen molar-refractivity contribution in [1.82, 2.24) is 10.2 Å². The topological polar surface area (TPSA) is 15.3 Å². The Morgan fingerprint density at radius 2 is 2.50 bits per heavy atom. The van der Waals surface area contributed by atoms with Gasteiger partial charge in [0.15, 0.2) is 0 Å². The molecule has 0 aromatic heterocycles. The standard InChI is InChI=1S/C11H22N2S/c1-4-5-12-8-10(2)13-6-7-14-11(3)9-13/h4,10-12H,1,5-9H2,2-3H3. The minimum atomic E-state index is 0.651. The van der Waals surface area contributed by atoms with E-state index in [0.717, 1.165) is 18.3 Å². The summed E-state index contributed by atoms with van der Waals surface area (Å²) >= 11 is 2.09. The van der Waals surface area contributed by atoms with E-state index < -0.39 is 0 Å². The van der Waals surface area contributed by atoms with Crippen molar-refractivity contribution < 1.29 is 0 Å². The zero-order chi connectivity index (χ0) is 10.4. The van der Waals surface area contributed by atoms with Crippen LogP contribution in [0.25, 0.3) is 0 Å². The van der Waals surface area contributed by atoms with Gasteiger partial charge in [-0.1, -0.05) is 13.0 Å². The van der Waals surface area contributed by atoms with Gasteiger partial charge in [0.2, 0.25) is 0 Å². The van der Waals surface area contributed by atoms with Crippen LogP contribution in [0.5, 0.6) is 0 Å². The van der Waals surface area contributed by atoms with E-state index in [1.807, 2.05) is 6.08 Å². The highest BCUT2D eigenvalue weighted by atomic mass is 32.2. The maximum atomic E-state index is 3.70. The third kappa shape index (κ3) is 4.03. The normalized spacial score (nSPS) is 26.0. The summed E-state index contributed by atoms with van der Waals surface area (Å²) in [6, 6.07) is 0.651. The van der Waals surface area contributed by atoms with E-state index in [-0.39, 0.29) is 0 Å². The van der Waals surface area contributed by atoms with E-state index in [0.29, 0.717) is 6.04 Å². The average Bonchev–Trinajstić information content (AvgIpc) is 2.18. The Bertz CT molecular complexity index is 173. The molecule has 2 unspecified atom stereocenters. The van der Waals surface area contributed by atoms with Crippen molar-refractivity contribution in [3.63, 3.8) is 0 Å². The van der Waals surface area contributed by atoms with Gasteiger partial charge < -0.3 is 5.32 Å². The van der Waals surface area contributed by atoms with Crippen LogP contribution in [0.2, 0.25) is 0 Å². The van der Waals surface area contributed by atoms with Crippen LogP contribution >= 0.6 is 11.8 Å². The summed E-state index contributed by atoms with van der Waals surface area (Å²) < 4.78 is 0. The summed E-state index contributed by atoms with van der Waals surface area (Å²) in [6.07, 6.45) is 1.92. The Morgan fingerprint density at radius 1 is 1.71 bits per heavy atom. The molecule has 0 amide bonds. The first-order chi connectivity index (χ1) is 6.74. The number of hydrogen-bond acceptors (Lipinski definition) is 3. The van der Waals surface area contributed by atoms with Gasteiger partial charge in [-0.15, -0.1) is 6.58 Å². The quantitative estimate of drug-likeness (QED) is 0.553. The lowest BCUT2D eigenvalue weighted by atomic mass is 10.2. The second kappa shape index (κ2) is 6.49. The molecule has 1 aliphatic rings. The lowest BCUT2D eigenvalue weighted by Gasteiger charge is -2.35. The molecule has 0 aromatic carbocycles. The largest absolute Gasteiger partial charge is 0.312 e. The molecule has 0 saturated carbocycles. The molecule has 0 radical (unpaired) electrons. The third-order valence-electron chi connectivity index (χ3n) is 2.62. The Labute approximate surface area is 92.1 Å². The highest BCUT2D eigenvalue weighted by molar-refractivity contribution is 7.99. The molecule has 2 atom stereocenters. The zero-order valence-corrected chi connectivity index (χ0v) is 10.1. The van der Waals surface area contributed by atoms with Crippen LogP contribution in [0.15, 0.2) is 12.7 Å². The van der Waals surface area contributed by atoms with Gasteiger partial charge in [-0.3, -0.25) is 4.90 Å². The van der Waals surface area contributed by atoms with Gasteiger partial charge in [0, 0.05) is 43.2 Å². The van der Waals surface area contributed by atoms with Crippen molar-refractivity contribution >= 4 is 11.8 Å². The van der Waals surface area contributed by atoms with Gasteiger partial charge in [-0.2, -0.15) is 11.8 Å². The van der Waals surface area contributed by atoms with Gasteiger partial charge in [-0.25, -0.2) is 0 Å². The Kier molecular flexibility index (Phi) is 5.60. The van der Waals surface area contributed by atoms with E-state index in [1.54, 1.807) is 0 Å². The fourth-order valence-corrected chi connectivity index (χ4v) is 2.81. The van der Waals surface area contributed by atoms with Crippen LogP contribution < -0.4 is 5.32 Å². The van der Waals surface area contributed by atoms with E-state index in [1.165, 1.54) is 18.8 Å². The molecule has 2 nitrogen and oxygen atoms in total. The second-order valence-electron chi connectivity index (χ2n) is 3.97. The minimum Gasteiger partial charge on any atom is -0.312 e. The summed E-state index contributed by atoms with van der Waals surface area (Å²) in [5.41, 5.74) is 0. The third-order valence-corrected chi connectivity index (χ3v) is 3.76. The molecule has 1 N–H and O–H groups in total. The molecule has 0 aliphatic carbocycles. The van der Waals surface area contributed by atoms with E-state index in [2.05, 4.69) is 42.4 Å². The van der Waals surface area contributed by atoms with E-state index in [9.17, 15) is 0 Å². The van der Waals surface area contributed by atoms with Crippen molar-refractivity contribution in [3.8, 4) is 0 Å². The van der Waals surface area contributed by atoms with Crippen LogP contribution in [0.3, 0.4) is 0 Å². The first-order valence-corrected chi connectivity index (χ1v) is 6.46. The highest BCUT2D eigenvalue weighted by Crippen LogP contribution is 2.19. The lowest BCUT2D eigenvalue weighted by Crippen LogP contribution is -2.46. The highest BCUT2D eigenvalue weighted by Gasteiger charge is 2.20. The number of rotatable bonds is 5. The average molecular weight is 214 g/mol. The lowest BCUT2D eigenvalue weighted by molar-refractivity contribution is 0.215. The van der Waals surface area contributed by atoms with E-state index >= 15 is 0 Å². The van der Waals surface area contributed by atoms with Crippen molar-refractivity contribution in [2.45, 2.75) is 25.1 Å². The van der Waals surface area contributed by atoms with Gasteiger partial charge >= 0.3 is 0 Å². The molecular formula is C11H22N2S. The summed E-state index contributed by atoms with van der Waals surface area (Å²) in [7, 11) is 0. The SMILES string of the molecule is C=CCNCC(C)N1CCSC(C)C1. The summed E-state index contributed by atoms with van der Waals surface area (Å²) in [6.45, 7) is 12.8. The van der Waals surface area contributed by atoms with Gasteiger partial charge in [0.25, 0.3) is 0 Å². The second-order valence-corrected chi connectivity index (χ2v) is 5.52. The first kappa shape index (κ1) is 12.1. The fraction of sp³-hybridized carbons (Fsp3) is 0.818. The Hall–Kier alpha value is 0.0100. The van der Waals surface area contributed by atoms with Gasteiger partial charge in [0.05, 0.1) is 0 Å². The van der Waals surface area contributed by atoms with Crippen LogP contribution in [-0.2, 0) is 0 Å². The number of thioether (sulfide) groups is 1. The molecule has 0 aromatic rings. The molecule has 14 heavy (non-hydrogen) atoms. The molecule has 1 rings (SSSR count). The summed E-state index contributed by atoms with van der Waals surface area (Å²) in [5, 5.41) is 4.18. The molecule has 1 saturated heterocycles. The fourth-order valence-electron chi connectivity index (χ4n) is 1.77. The molecule has 0 bridgehead atoms. The minimum absolute atomic E-state index is 0.651. The van der Waals surface area contributed by atoms with Crippen LogP contribution in [0, 0.1) is 0 Å². The maximum absolute atomic E-state index is 3.70. The molecule has 3 heteroatoms. The van der Waals surface area contributed by atoms with E-state index in [4.69, 9.17) is 0 Å². The molecule has 82 valence electrons. The number of nitrogens with one attached hydrogen (secondary N) is 1. The Balaban J connectivity index is 2.21. The molecular weight excluding hydrogens is 192 g/mol. The summed E-state index contributed by atoms with van der Waals surface area (Å²) in [5.74, 6) is 1.28. The predicted octanol–water partition coefficient (Wildman–Crippen LogP) is 1.59. The zero-order valence-electron chi connectivity index (χ0n) is 9.33. The molecule has 0 spiro atoms. The summed E-state index contributed by atoms with van der Waals surface area (Å²) in [4.78, 5) is 2.58. The van der Waals surface area contributed by atoms with Crippen LogP contribution in [-0.4, -0.2) is 48.1 Å².